The van der Waals surface area contributed by atoms with Crippen molar-refractivity contribution >= 4 is 38.8 Å². The lowest BCUT2D eigenvalue weighted by Gasteiger charge is -2.27. The molecule has 3 aromatic rings. The first kappa shape index (κ1) is 20.9. The Balaban J connectivity index is 1.29. The predicted molar refractivity (Wildman–Crippen MR) is 121 cm³/mol. The molecule has 2 aliphatic heterocycles. The third kappa shape index (κ3) is 3.63. The lowest BCUT2D eigenvalue weighted by atomic mass is 10.0. The first-order valence-electron chi connectivity index (χ1n) is 10.3. The van der Waals surface area contributed by atoms with Gasteiger partial charge in [0.25, 0.3) is 11.8 Å². The van der Waals surface area contributed by atoms with Gasteiger partial charge in [-0.05, 0) is 37.1 Å². The van der Waals surface area contributed by atoms with Gasteiger partial charge in [0, 0.05) is 29.4 Å². The van der Waals surface area contributed by atoms with Crippen molar-refractivity contribution in [1.82, 2.24) is 10.3 Å². The third-order valence-electron chi connectivity index (χ3n) is 5.96. The molecule has 0 saturated carbocycles. The van der Waals surface area contributed by atoms with E-state index in [0.717, 1.165) is 21.5 Å². The van der Waals surface area contributed by atoms with Crippen molar-refractivity contribution in [3.05, 3.63) is 46.5 Å². The second kappa shape index (κ2) is 7.56. The summed E-state index contributed by atoms with van der Waals surface area (Å²) in [7, 11) is 0. The maximum absolute atomic E-state index is 13.8. The number of hydrogen-bond acceptors (Lipinski definition) is 7. The van der Waals surface area contributed by atoms with E-state index in [0.29, 0.717) is 28.4 Å². The molecule has 2 aromatic heterocycles. The van der Waals surface area contributed by atoms with Crippen LogP contribution >= 0.6 is 11.3 Å². The van der Waals surface area contributed by atoms with Gasteiger partial charge in [-0.2, -0.15) is 0 Å². The highest BCUT2D eigenvalue weighted by Gasteiger charge is 2.46. The Morgan fingerprint density at radius 2 is 2.16 bits per heavy atom. The van der Waals surface area contributed by atoms with Crippen molar-refractivity contribution < 1.29 is 18.3 Å². The summed E-state index contributed by atoms with van der Waals surface area (Å²) in [4.78, 5) is 20.1. The van der Waals surface area contributed by atoms with E-state index in [1.54, 1.807) is 17.0 Å². The van der Waals surface area contributed by atoms with Crippen LogP contribution in [0.2, 0.25) is 0 Å². The molecule has 1 amide bonds. The van der Waals surface area contributed by atoms with Crippen LogP contribution in [0.4, 0.5) is 20.2 Å². The normalized spacial score (nSPS) is 21.9. The number of rotatable bonds is 3. The number of alkyl halides is 2. The number of pyridine rings is 1. The summed E-state index contributed by atoms with van der Waals surface area (Å²) in [5, 5.41) is 3.77. The van der Waals surface area contributed by atoms with E-state index in [-0.39, 0.29) is 25.1 Å². The first-order valence-corrected chi connectivity index (χ1v) is 11.1. The quantitative estimate of drug-likeness (QED) is 0.556. The van der Waals surface area contributed by atoms with Gasteiger partial charge in [0.05, 0.1) is 24.3 Å². The van der Waals surface area contributed by atoms with E-state index in [2.05, 4.69) is 10.3 Å². The van der Waals surface area contributed by atoms with Gasteiger partial charge in [0.15, 0.2) is 0 Å². The van der Waals surface area contributed by atoms with Crippen LogP contribution in [0.1, 0.15) is 20.9 Å². The molecular weight excluding hydrogens is 436 g/mol. The Hall–Kier alpha value is -2.98. The largest absolute Gasteiger partial charge is 0.491 e. The zero-order valence-corrected chi connectivity index (χ0v) is 18.2. The van der Waals surface area contributed by atoms with Gasteiger partial charge in [-0.25, -0.2) is 13.8 Å². The second-order valence-electron chi connectivity index (χ2n) is 8.38. The minimum absolute atomic E-state index is 0.0927. The van der Waals surface area contributed by atoms with Gasteiger partial charge in [0.2, 0.25) is 0 Å². The molecule has 5 rings (SSSR count). The topological polar surface area (TPSA) is 106 Å². The van der Waals surface area contributed by atoms with Crippen molar-refractivity contribution in [2.45, 2.75) is 31.4 Å². The Labute approximate surface area is 187 Å². The van der Waals surface area contributed by atoms with Crippen LogP contribution < -0.4 is 26.4 Å². The highest BCUT2D eigenvalue weighted by atomic mass is 32.1. The van der Waals surface area contributed by atoms with Crippen LogP contribution in [0, 0.1) is 6.92 Å². The van der Waals surface area contributed by atoms with Crippen LogP contribution in [-0.2, 0) is 6.42 Å². The van der Waals surface area contributed by atoms with E-state index in [4.69, 9.17) is 16.2 Å². The molecule has 5 N–H and O–H groups in total. The molecular formula is C22H23F2N5O2S. The van der Waals surface area contributed by atoms with Crippen LogP contribution in [-0.4, -0.2) is 48.6 Å². The number of nitrogens with one attached hydrogen (secondary N) is 1. The molecule has 1 fully saturated rings. The molecule has 0 aliphatic carbocycles. The zero-order valence-electron chi connectivity index (χ0n) is 17.4. The number of ether oxygens (including phenoxy) is 1. The fourth-order valence-corrected chi connectivity index (χ4v) is 5.21. The third-order valence-corrected chi connectivity index (χ3v) is 7.07. The minimum Gasteiger partial charge on any atom is -0.491 e. The summed E-state index contributed by atoms with van der Waals surface area (Å²) in [6.07, 6.45) is 0.569. The SMILES string of the molecule is Cc1ccc2c(N)c(C(=O)N[C@H]3COc4cc(N5C[C@H](N)C(F)(F)C5)ccc4C3)sc2n1. The van der Waals surface area contributed by atoms with E-state index in [1.165, 1.54) is 11.3 Å². The molecule has 168 valence electrons. The summed E-state index contributed by atoms with van der Waals surface area (Å²) in [6, 6.07) is 7.73. The zero-order chi connectivity index (χ0) is 22.6. The molecule has 32 heavy (non-hydrogen) atoms. The van der Waals surface area contributed by atoms with Crippen molar-refractivity contribution in [2.24, 2.45) is 5.73 Å². The number of benzene rings is 1. The number of nitrogen functional groups attached to an aromatic ring is 1. The lowest BCUT2D eigenvalue weighted by molar-refractivity contribution is 0.00965. The van der Waals surface area contributed by atoms with Gasteiger partial charge < -0.3 is 26.4 Å². The van der Waals surface area contributed by atoms with Gasteiger partial charge in [-0.15, -0.1) is 11.3 Å². The Morgan fingerprint density at radius 1 is 1.34 bits per heavy atom. The van der Waals surface area contributed by atoms with E-state index in [1.807, 2.05) is 25.1 Å². The Kier molecular flexibility index (Phi) is 4.94. The number of anilines is 2. The monoisotopic (exact) mass is 459 g/mol. The molecule has 0 radical (unpaired) electrons. The molecule has 1 aromatic carbocycles. The number of hydrogen-bond donors (Lipinski definition) is 3. The van der Waals surface area contributed by atoms with E-state index >= 15 is 0 Å². The van der Waals surface area contributed by atoms with Crippen molar-refractivity contribution in [1.29, 1.82) is 0 Å². The smallest absolute Gasteiger partial charge is 0.281 e. The summed E-state index contributed by atoms with van der Waals surface area (Å²) in [5.41, 5.74) is 14.6. The predicted octanol–water partition coefficient (Wildman–Crippen LogP) is 2.70. The minimum atomic E-state index is -2.91. The first-order chi connectivity index (χ1) is 15.2. The number of nitrogens with two attached hydrogens (primary N) is 2. The summed E-state index contributed by atoms with van der Waals surface area (Å²) < 4.78 is 33.4. The highest BCUT2D eigenvalue weighted by molar-refractivity contribution is 7.21. The average Bonchev–Trinajstić information content (AvgIpc) is 3.22. The van der Waals surface area contributed by atoms with Crippen molar-refractivity contribution in [3.63, 3.8) is 0 Å². The number of carbonyl (C=O) groups is 1. The molecule has 0 unspecified atom stereocenters. The van der Waals surface area contributed by atoms with Gasteiger partial charge in [-0.3, -0.25) is 4.79 Å². The second-order valence-corrected chi connectivity index (χ2v) is 9.37. The number of nitrogens with zero attached hydrogens (tertiary/aromatic N) is 2. The van der Waals surface area contributed by atoms with Crippen molar-refractivity contribution in [3.8, 4) is 5.75 Å². The fraction of sp³-hybridized carbons (Fsp3) is 0.364. The summed E-state index contributed by atoms with van der Waals surface area (Å²) in [5.74, 6) is -2.53. The lowest BCUT2D eigenvalue weighted by Crippen LogP contribution is -2.42. The van der Waals surface area contributed by atoms with Gasteiger partial charge in [-0.1, -0.05) is 6.07 Å². The average molecular weight is 460 g/mol. The molecule has 2 aliphatic rings. The maximum atomic E-state index is 13.8. The van der Waals surface area contributed by atoms with E-state index in [9.17, 15) is 13.6 Å². The van der Waals surface area contributed by atoms with Crippen LogP contribution in [0.3, 0.4) is 0 Å². The van der Waals surface area contributed by atoms with Crippen LogP contribution in [0.5, 0.6) is 5.75 Å². The molecule has 4 heterocycles. The Bertz CT molecular complexity index is 1210. The fourth-order valence-electron chi connectivity index (χ4n) is 4.16. The molecule has 0 spiro atoms. The number of aryl methyl sites for hydroxylation is 1. The highest BCUT2D eigenvalue weighted by Crippen LogP contribution is 2.35. The molecule has 1 saturated heterocycles. The molecule has 10 heteroatoms. The van der Waals surface area contributed by atoms with Crippen LogP contribution in [0.25, 0.3) is 10.2 Å². The maximum Gasteiger partial charge on any atom is 0.281 e. The van der Waals surface area contributed by atoms with E-state index < -0.39 is 18.5 Å². The molecule has 2 atom stereocenters. The number of fused-ring (bicyclic) bond motifs is 2. The number of halogens is 2. The number of amides is 1. The number of thiophene rings is 1. The van der Waals surface area contributed by atoms with Gasteiger partial charge >= 0.3 is 0 Å². The number of aromatic nitrogens is 1. The van der Waals surface area contributed by atoms with Crippen molar-refractivity contribution in [2.75, 3.05) is 30.3 Å². The van der Waals surface area contributed by atoms with Gasteiger partial charge in [0.1, 0.15) is 22.1 Å². The number of carbonyl (C=O) groups excluding carboxylic acids is 1. The van der Waals surface area contributed by atoms with Crippen LogP contribution in [0.15, 0.2) is 30.3 Å². The summed E-state index contributed by atoms with van der Waals surface area (Å²) >= 11 is 1.27. The molecule has 7 nitrogen and oxygen atoms in total. The molecule has 0 bridgehead atoms. The summed E-state index contributed by atoms with van der Waals surface area (Å²) in [6.45, 7) is 1.85. The Morgan fingerprint density at radius 3 is 2.91 bits per heavy atom. The standard InChI is InChI=1S/C22H23F2N5O2S/c1-11-2-5-15-18(26)19(32-21(15)27-11)20(30)28-13-6-12-3-4-14(7-16(12)31-9-13)29-8-17(25)22(23,24)10-29/h2-5,7,13,17H,6,8-10,25-26H2,1H3,(H,28,30)/t13-,17+/m1/s1.